The molecular formula is C13H17F2N3OS. The molecule has 2 heterocycles. The highest BCUT2D eigenvalue weighted by Gasteiger charge is 2.07. The van der Waals surface area contributed by atoms with Crippen molar-refractivity contribution in [1.29, 1.82) is 0 Å². The minimum atomic E-state index is -2.36. The van der Waals surface area contributed by atoms with E-state index >= 15 is 0 Å². The van der Waals surface area contributed by atoms with E-state index in [0.29, 0.717) is 24.1 Å². The van der Waals surface area contributed by atoms with Crippen LogP contribution in [0.5, 0.6) is 0 Å². The monoisotopic (exact) mass is 301 g/mol. The van der Waals surface area contributed by atoms with Crippen molar-refractivity contribution in [3.8, 4) is 0 Å². The molecule has 110 valence electrons. The first-order valence-corrected chi connectivity index (χ1v) is 7.35. The second kappa shape index (κ2) is 7.44. The highest BCUT2D eigenvalue weighted by atomic mass is 32.2. The molecule has 0 atom stereocenters. The number of rotatable bonds is 8. The fourth-order valence-electron chi connectivity index (χ4n) is 1.73. The van der Waals surface area contributed by atoms with Gasteiger partial charge >= 0.3 is 0 Å². The van der Waals surface area contributed by atoms with Crippen LogP contribution >= 0.6 is 11.8 Å². The molecule has 0 unspecified atom stereocenters. The van der Waals surface area contributed by atoms with E-state index in [1.165, 1.54) is 0 Å². The molecule has 1 N–H and O–H groups in total. The van der Waals surface area contributed by atoms with Crippen LogP contribution in [0, 0.1) is 6.92 Å². The number of thioether (sulfide) groups is 1. The Morgan fingerprint density at radius 2 is 2.20 bits per heavy atom. The summed E-state index contributed by atoms with van der Waals surface area (Å²) in [7, 11) is 0. The third kappa shape index (κ3) is 4.97. The number of aromatic nitrogens is 2. The van der Waals surface area contributed by atoms with Crippen LogP contribution < -0.4 is 5.32 Å². The lowest BCUT2D eigenvalue weighted by molar-refractivity contribution is 0.251. The standard InChI is InChI=1S/C13H17F2N3OS/c1-10-6-17-18(8-10)5-4-16-7-11-2-3-12(19-11)9-20-13(14)15/h2-3,6,8,13,16H,4-5,7,9H2,1H3. The number of hydrogen-bond acceptors (Lipinski definition) is 4. The van der Waals surface area contributed by atoms with Crippen LogP contribution in [0.3, 0.4) is 0 Å². The van der Waals surface area contributed by atoms with Crippen molar-refractivity contribution in [2.45, 2.75) is 31.5 Å². The van der Waals surface area contributed by atoms with Crippen molar-refractivity contribution >= 4 is 11.8 Å². The second-order valence-electron chi connectivity index (χ2n) is 4.40. The van der Waals surface area contributed by atoms with Gasteiger partial charge in [0.15, 0.2) is 0 Å². The zero-order valence-electron chi connectivity index (χ0n) is 11.2. The van der Waals surface area contributed by atoms with E-state index in [2.05, 4.69) is 10.4 Å². The summed E-state index contributed by atoms with van der Waals surface area (Å²) in [5.74, 6) is -0.829. The van der Waals surface area contributed by atoms with Gasteiger partial charge in [0.05, 0.1) is 25.0 Å². The Kier molecular flexibility index (Phi) is 5.60. The molecule has 0 radical (unpaired) electrons. The average molecular weight is 301 g/mol. The van der Waals surface area contributed by atoms with E-state index in [-0.39, 0.29) is 5.75 Å². The molecule has 2 rings (SSSR count). The van der Waals surface area contributed by atoms with Crippen LogP contribution in [0.15, 0.2) is 28.9 Å². The first kappa shape index (κ1) is 15.1. The number of alkyl halides is 2. The molecule has 0 aliphatic heterocycles. The summed E-state index contributed by atoms with van der Waals surface area (Å²) in [6, 6.07) is 3.55. The van der Waals surface area contributed by atoms with Crippen LogP contribution in [-0.2, 0) is 18.8 Å². The van der Waals surface area contributed by atoms with Gasteiger partial charge in [-0.2, -0.15) is 13.9 Å². The van der Waals surface area contributed by atoms with E-state index in [1.807, 2.05) is 30.1 Å². The molecule has 0 aromatic carbocycles. The number of aryl methyl sites for hydroxylation is 1. The quantitative estimate of drug-likeness (QED) is 0.761. The fourth-order valence-corrected chi connectivity index (χ4v) is 2.18. The minimum absolute atomic E-state index is 0.199. The Bertz CT molecular complexity index is 527. The maximum atomic E-state index is 12.0. The lowest BCUT2D eigenvalue weighted by Crippen LogP contribution is -2.19. The highest BCUT2D eigenvalue weighted by molar-refractivity contribution is 7.98. The summed E-state index contributed by atoms with van der Waals surface area (Å²) in [6.45, 7) is 4.13. The van der Waals surface area contributed by atoms with Crippen LogP contribution in [-0.4, -0.2) is 22.1 Å². The molecule has 0 bridgehead atoms. The molecule has 2 aromatic rings. The van der Waals surface area contributed by atoms with Crippen molar-refractivity contribution in [1.82, 2.24) is 15.1 Å². The SMILES string of the molecule is Cc1cnn(CCNCc2ccc(CSC(F)F)o2)c1. The molecule has 4 nitrogen and oxygen atoms in total. The summed E-state index contributed by atoms with van der Waals surface area (Å²) in [6.07, 6.45) is 3.80. The van der Waals surface area contributed by atoms with E-state index in [9.17, 15) is 8.78 Å². The van der Waals surface area contributed by atoms with Crippen LogP contribution in [0.1, 0.15) is 17.1 Å². The molecule has 0 aliphatic carbocycles. The summed E-state index contributed by atoms with van der Waals surface area (Å²) in [5.41, 5.74) is 1.14. The molecule has 0 spiro atoms. The third-order valence-electron chi connectivity index (χ3n) is 2.65. The molecule has 0 amide bonds. The number of hydrogen-bond donors (Lipinski definition) is 1. The number of nitrogens with zero attached hydrogens (tertiary/aromatic N) is 2. The number of nitrogens with one attached hydrogen (secondary N) is 1. The molecule has 0 aliphatic rings. The fraction of sp³-hybridized carbons (Fsp3) is 0.462. The number of furan rings is 1. The summed E-state index contributed by atoms with van der Waals surface area (Å²) in [5, 5.41) is 7.41. The summed E-state index contributed by atoms with van der Waals surface area (Å²) >= 11 is 0.567. The minimum Gasteiger partial charge on any atom is -0.464 e. The molecule has 7 heteroatoms. The van der Waals surface area contributed by atoms with E-state index in [0.717, 1.165) is 24.4 Å². The average Bonchev–Trinajstić information content (AvgIpc) is 3.01. The van der Waals surface area contributed by atoms with Crippen molar-refractivity contribution < 1.29 is 13.2 Å². The topological polar surface area (TPSA) is 43.0 Å². The van der Waals surface area contributed by atoms with Crippen LogP contribution in [0.25, 0.3) is 0 Å². The predicted octanol–water partition coefficient (Wildman–Crippen LogP) is 3.03. The van der Waals surface area contributed by atoms with E-state index in [1.54, 1.807) is 6.07 Å². The Labute approximate surface area is 120 Å². The number of halogens is 2. The van der Waals surface area contributed by atoms with Crippen molar-refractivity contribution in [2.24, 2.45) is 0 Å². The maximum Gasteiger partial charge on any atom is 0.284 e. The van der Waals surface area contributed by atoms with Crippen LogP contribution in [0.4, 0.5) is 8.78 Å². The van der Waals surface area contributed by atoms with Gasteiger partial charge in [-0.25, -0.2) is 0 Å². The van der Waals surface area contributed by atoms with Gasteiger partial charge in [-0.05, 0) is 24.6 Å². The van der Waals surface area contributed by atoms with Gasteiger partial charge in [-0.3, -0.25) is 4.68 Å². The van der Waals surface area contributed by atoms with Crippen molar-refractivity contribution in [3.05, 3.63) is 41.6 Å². The van der Waals surface area contributed by atoms with Crippen molar-refractivity contribution in [2.75, 3.05) is 6.54 Å². The lowest BCUT2D eigenvalue weighted by Gasteiger charge is -2.03. The van der Waals surface area contributed by atoms with Gasteiger partial charge < -0.3 is 9.73 Å². The van der Waals surface area contributed by atoms with Gasteiger partial charge in [0.1, 0.15) is 11.5 Å². The zero-order chi connectivity index (χ0) is 14.4. The van der Waals surface area contributed by atoms with Crippen LogP contribution in [0.2, 0.25) is 0 Å². The molecule has 2 aromatic heterocycles. The van der Waals surface area contributed by atoms with Gasteiger partial charge in [0.2, 0.25) is 0 Å². The lowest BCUT2D eigenvalue weighted by atomic mass is 10.4. The van der Waals surface area contributed by atoms with Gasteiger partial charge in [0.25, 0.3) is 5.76 Å². The Morgan fingerprint density at radius 3 is 2.90 bits per heavy atom. The van der Waals surface area contributed by atoms with Gasteiger partial charge in [-0.1, -0.05) is 11.8 Å². The Morgan fingerprint density at radius 1 is 1.40 bits per heavy atom. The smallest absolute Gasteiger partial charge is 0.284 e. The summed E-state index contributed by atoms with van der Waals surface area (Å²) < 4.78 is 31.4. The van der Waals surface area contributed by atoms with E-state index in [4.69, 9.17) is 4.42 Å². The van der Waals surface area contributed by atoms with Gasteiger partial charge in [0, 0.05) is 12.7 Å². The molecule has 0 fully saturated rings. The molecule has 0 saturated heterocycles. The maximum absolute atomic E-state index is 12.0. The molecule has 0 saturated carbocycles. The van der Waals surface area contributed by atoms with Crippen molar-refractivity contribution in [3.63, 3.8) is 0 Å². The normalized spacial score (nSPS) is 11.4. The largest absolute Gasteiger partial charge is 0.464 e. The second-order valence-corrected chi connectivity index (χ2v) is 5.38. The summed E-state index contributed by atoms with van der Waals surface area (Å²) in [4.78, 5) is 0. The molecular weight excluding hydrogens is 284 g/mol. The third-order valence-corrected chi connectivity index (χ3v) is 3.35. The highest BCUT2D eigenvalue weighted by Crippen LogP contribution is 2.21. The van der Waals surface area contributed by atoms with E-state index < -0.39 is 5.76 Å². The predicted molar refractivity (Wildman–Crippen MR) is 74.7 cm³/mol. The van der Waals surface area contributed by atoms with Gasteiger partial charge in [-0.15, -0.1) is 0 Å². The first-order valence-electron chi connectivity index (χ1n) is 6.30. The Hall–Kier alpha value is -1.34. The first-order chi connectivity index (χ1) is 9.63. The Balaban J connectivity index is 1.66. The zero-order valence-corrected chi connectivity index (χ0v) is 12.0. The molecule has 20 heavy (non-hydrogen) atoms.